The number of ether oxygens (including phenoxy) is 1. The van der Waals surface area contributed by atoms with Crippen LogP contribution in [0.15, 0.2) is 91.1 Å². The van der Waals surface area contributed by atoms with Crippen LogP contribution in [0.1, 0.15) is 22.7 Å². The van der Waals surface area contributed by atoms with Crippen LogP contribution in [0.5, 0.6) is 0 Å². The molecule has 7 heteroatoms. The van der Waals surface area contributed by atoms with Gasteiger partial charge >= 0.3 is 5.97 Å². The van der Waals surface area contributed by atoms with Crippen LogP contribution in [0.4, 0.5) is 5.82 Å². The molecule has 0 radical (unpaired) electrons. The number of nitriles is 1. The van der Waals surface area contributed by atoms with Gasteiger partial charge in [-0.2, -0.15) is 5.26 Å². The summed E-state index contributed by atoms with van der Waals surface area (Å²) in [4.78, 5) is 27.0. The summed E-state index contributed by atoms with van der Waals surface area (Å²) in [6.07, 6.45) is 4.21. The number of aromatic nitrogens is 2. The summed E-state index contributed by atoms with van der Waals surface area (Å²) >= 11 is 0. The lowest BCUT2D eigenvalue weighted by Gasteiger charge is -2.35. The molecule has 0 amide bonds. The third-order valence-electron chi connectivity index (χ3n) is 6.33. The van der Waals surface area contributed by atoms with Gasteiger partial charge in [-0.1, -0.05) is 72.8 Å². The lowest BCUT2D eigenvalue weighted by Crippen LogP contribution is -2.45. The van der Waals surface area contributed by atoms with E-state index in [1.807, 2.05) is 72.8 Å². The number of carbonyl (C=O) groups is 1. The second kappa shape index (κ2) is 11.4. The van der Waals surface area contributed by atoms with Gasteiger partial charge in [0.15, 0.2) is 11.7 Å². The number of nitrogens with zero attached hydrogens (tertiary/aromatic N) is 5. The number of benzene rings is 3. The standard InChI is InChI=1S/C30H27N5O2/c31-21-25(30(36)37-22-24-11-5-2-6-12-24)28-29(33-27-14-8-7-13-26(27)32-28)35-19-17-34(18-20-35)16-15-23-9-3-1-4-10-23/h1-16,25H,17-20,22H2/b16-15+. The topological polar surface area (TPSA) is 82.3 Å². The number of fused-ring (bicyclic) bond motifs is 1. The van der Waals surface area contributed by atoms with Crippen LogP contribution >= 0.6 is 0 Å². The number of hydrogen-bond donors (Lipinski definition) is 0. The molecule has 1 atom stereocenters. The van der Waals surface area contributed by atoms with Gasteiger partial charge in [-0.05, 0) is 35.5 Å². The van der Waals surface area contributed by atoms with Crippen molar-refractivity contribution >= 4 is 28.9 Å². The van der Waals surface area contributed by atoms with Crippen molar-refractivity contribution in [2.45, 2.75) is 12.5 Å². The Morgan fingerprint density at radius 2 is 1.51 bits per heavy atom. The predicted octanol–water partition coefficient (Wildman–Crippen LogP) is 4.77. The van der Waals surface area contributed by atoms with Gasteiger partial charge in [-0.25, -0.2) is 9.97 Å². The molecule has 5 rings (SSSR count). The number of esters is 1. The fourth-order valence-electron chi connectivity index (χ4n) is 4.31. The average Bonchev–Trinajstić information content (AvgIpc) is 2.96. The van der Waals surface area contributed by atoms with E-state index in [0.717, 1.165) is 29.7 Å². The second-order valence-electron chi connectivity index (χ2n) is 8.83. The van der Waals surface area contributed by atoms with Crippen LogP contribution < -0.4 is 4.90 Å². The molecule has 1 unspecified atom stereocenters. The van der Waals surface area contributed by atoms with Crippen molar-refractivity contribution in [1.29, 1.82) is 5.26 Å². The number of para-hydroxylation sites is 2. The Morgan fingerprint density at radius 3 is 2.19 bits per heavy atom. The molecule has 0 N–H and O–H groups in total. The molecule has 37 heavy (non-hydrogen) atoms. The quantitative estimate of drug-likeness (QED) is 0.346. The van der Waals surface area contributed by atoms with Crippen molar-refractivity contribution in [2.24, 2.45) is 0 Å². The van der Waals surface area contributed by atoms with Crippen LogP contribution in [0.3, 0.4) is 0 Å². The van der Waals surface area contributed by atoms with E-state index in [0.29, 0.717) is 30.1 Å². The van der Waals surface area contributed by atoms with Crippen molar-refractivity contribution in [3.8, 4) is 6.07 Å². The molecule has 4 aromatic rings. The fraction of sp³-hybridized carbons (Fsp3) is 0.200. The first kappa shape index (κ1) is 24.0. The number of carbonyl (C=O) groups excluding carboxylic acids is 1. The summed E-state index contributed by atoms with van der Waals surface area (Å²) in [6, 6.07) is 29.2. The summed E-state index contributed by atoms with van der Waals surface area (Å²) in [7, 11) is 0. The first-order valence-electron chi connectivity index (χ1n) is 12.3. The maximum absolute atomic E-state index is 13.0. The second-order valence-corrected chi connectivity index (χ2v) is 8.83. The highest BCUT2D eigenvalue weighted by molar-refractivity contribution is 5.85. The monoisotopic (exact) mass is 489 g/mol. The van der Waals surface area contributed by atoms with Crippen molar-refractivity contribution in [3.63, 3.8) is 0 Å². The van der Waals surface area contributed by atoms with E-state index in [1.54, 1.807) is 0 Å². The molecule has 3 aromatic carbocycles. The maximum Gasteiger partial charge on any atom is 0.330 e. The highest BCUT2D eigenvalue weighted by Gasteiger charge is 2.31. The number of piperazine rings is 1. The third kappa shape index (κ3) is 5.76. The van der Waals surface area contributed by atoms with Crippen LogP contribution in [-0.4, -0.2) is 47.0 Å². The molecule has 184 valence electrons. The molecule has 0 aliphatic carbocycles. The smallest absolute Gasteiger partial charge is 0.330 e. The van der Waals surface area contributed by atoms with Gasteiger partial charge < -0.3 is 14.5 Å². The third-order valence-corrected chi connectivity index (χ3v) is 6.33. The molecular weight excluding hydrogens is 462 g/mol. The van der Waals surface area contributed by atoms with Gasteiger partial charge in [0, 0.05) is 26.2 Å². The van der Waals surface area contributed by atoms with Crippen LogP contribution in [0.25, 0.3) is 17.1 Å². The normalized spacial score (nSPS) is 14.5. The molecule has 0 bridgehead atoms. The van der Waals surface area contributed by atoms with E-state index >= 15 is 0 Å². The molecule has 1 aliphatic heterocycles. The Hall–Kier alpha value is -4.70. The largest absolute Gasteiger partial charge is 0.460 e. The summed E-state index contributed by atoms with van der Waals surface area (Å²) in [6.45, 7) is 3.05. The Balaban J connectivity index is 1.36. The van der Waals surface area contributed by atoms with E-state index in [4.69, 9.17) is 14.7 Å². The number of rotatable bonds is 7. The fourth-order valence-corrected chi connectivity index (χ4v) is 4.31. The summed E-state index contributed by atoms with van der Waals surface area (Å²) in [5.41, 5.74) is 3.71. The Morgan fingerprint density at radius 1 is 0.892 bits per heavy atom. The molecule has 1 aliphatic rings. The highest BCUT2D eigenvalue weighted by Crippen LogP contribution is 2.29. The SMILES string of the molecule is N#CC(C(=O)OCc1ccccc1)c1nc2ccccc2nc1N1CCN(/C=C/c2ccccc2)CC1. The number of hydrogen-bond acceptors (Lipinski definition) is 7. The van der Waals surface area contributed by atoms with Gasteiger partial charge in [0.25, 0.3) is 0 Å². The predicted molar refractivity (Wildman–Crippen MR) is 143 cm³/mol. The minimum atomic E-state index is -1.17. The molecular formula is C30H27N5O2. The zero-order valence-corrected chi connectivity index (χ0v) is 20.4. The highest BCUT2D eigenvalue weighted by atomic mass is 16.5. The van der Waals surface area contributed by atoms with Gasteiger partial charge in [0.1, 0.15) is 12.3 Å². The lowest BCUT2D eigenvalue weighted by molar-refractivity contribution is -0.145. The van der Waals surface area contributed by atoms with Crippen molar-refractivity contribution in [1.82, 2.24) is 14.9 Å². The summed E-state index contributed by atoms with van der Waals surface area (Å²) in [5, 5.41) is 10.0. The van der Waals surface area contributed by atoms with Gasteiger partial charge in [-0.3, -0.25) is 4.79 Å². The Bertz CT molecular complexity index is 1430. The summed E-state index contributed by atoms with van der Waals surface area (Å²) in [5.74, 6) is -1.23. The van der Waals surface area contributed by atoms with E-state index in [1.165, 1.54) is 0 Å². The molecule has 2 heterocycles. The molecule has 1 fully saturated rings. The minimum absolute atomic E-state index is 0.0978. The van der Waals surface area contributed by atoms with Crippen LogP contribution in [-0.2, 0) is 16.1 Å². The van der Waals surface area contributed by atoms with Gasteiger partial charge in [-0.15, -0.1) is 0 Å². The van der Waals surface area contributed by atoms with E-state index in [-0.39, 0.29) is 6.61 Å². The zero-order valence-electron chi connectivity index (χ0n) is 20.4. The van der Waals surface area contributed by atoms with E-state index < -0.39 is 11.9 Å². The first-order chi connectivity index (χ1) is 18.2. The molecule has 7 nitrogen and oxygen atoms in total. The van der Waals surface area contributed by atoms with Crippen LogP contribution in [0, 0.1) is 11.3 Å². The first-order valence-corrected chi connectivity index (χ1v) is 12.3. The molecule has 0 saturated carbocycles. The molecule has 1 saturated heterocycles. The molecule has 1 aromatic heterocycles. The Kier molecular flexibility index (Phi) is 7.37. The molecule has 0 spiro atoms. The minimum Gasteiger partial charge on any atom is -0.460 e. The number of anilines is 1. The van der Waals surface area contributed by atoms with E-state index in [9.17, 15) is 10.1 Å². The van der Waals surface area contributed by atoms with Crippen molar-refractivity contribution in [3.05, 3.63) is 108 Å². The summed E-state index contributed by atoms with van der Waals surface area (Å²) < 4.78 is 5.52. The Labute approximate surface area is 216 Å². The van der Waals surface area contributed by atoms with Crippen molar-refractivity contribution < 1.29 is 9.53 Å². The van der Waals surface area contributed by atoms with Gasteiger partial charge in [0.05, 0.1) is 17.1 Å². The van der Waals surface area contributed by atoms with E-state index in [2.05, 4.69) is 40.3 Å². The van der Waals surface area contributed by atoms with Crippen molar-refractivity contribution in [2.75, 3.05) is 31.1 Å². The lowest BCUT2D eigenvalue weighted by atomic mass is 10.1. The maximum atomic E-state index is 13.0. The average molecular weight is 490 g/mol. The van der Waals surface area contributed by atoms with Crippen LogP contribution in [0.2, 0.25) is 0 Å². The van der Waals surface area contributed by atoms with Gasteiger partial charge in [0.2, 0.25) is 0 Å². The zero-order chi connectivity index (χ0) is 25.5.